The number of hydrogen-bond donors (Lipinski definition) is 2. The van der Waals surface area contributed by atoms with Gasteiger partial charge in [-0.2, -0.15) is 0 Å². The lowest BCUT2D eigenvalue weighted by Crippen LogP contribution is -1.99. The minimum atomic E-state index is 0.119. The van der Waals surface area contributed by atoms with Crippen LogP contribution < -0.4 is 10.1 Å². The van der Waals surface area contributed by atoms with E-state index in [1.165, 1.54) is 7.11 Å². The van der Waals surface area contributed by atoms with Crippen molar-refractivity contribution in [3.05, 3.63) is 41.9 Å². The Morgan fingerprint density at radius 1 is 1.35 bits per heavy atom. The lowest BCUT2D eigenvalue weighted by molar-refractivity contribution is 0.373. The summed E-state index contributed by atoms with van der Waals surface area (Å²) in [6.45, 7) is 2.58. The molecule has 1 aromatic heterocycles. The van der Waals surface area contributed by atoms with Gasteiger partial charge in [0.05, 0.1) is 19.9 Å². The number of aromatic hydroxyl groups is 1. The van der Waals surface area contributed by atoms with Crippen LogP contribution in [0.25, 0.3) is 0 Å². The Kier molecular flexibility index (Phi) is 3.23. The van der Waals surface area contributed by atoms with Crippen LogP contribution in [0.2, 0.25) is 0 Å². The van der Waals surface area contributed by atoms with Gasteiger partial charge in [0.25, 0.3) is 0 Å². The number of anilines is 1. The van der Waals surface area contributed by atoms with Crippen molar-refractivity contribution in [1.82, 2.24) is 0 Å². The van der Waals surface area contributed by atoms with Gasteiger partial charge in [-0.3, -0.25) is 0 Å². The summed E-state index contributed by atoms with van der Waals surface area (Å²) >= 11 is 0. The number of ether oxygens (including phenoxy) is 1. The van der Waals surface area contributed by atoms with Gasteiger partial charge < -0.3 is 19.6 Å². The third-order valence-electron chi connectivity index (χ3n) is 2.60. The van der Waals surface area contributed by atoms with Crippen LogP contribution in [-0.4, -0.2) is 12.2 Å². The first kappa shape index (κ1) is 11.4. The molecule has 17 heavy (non-hydrogen) atoms. The van der Waals surface area contributed by atoms with Crippen molar-refractivity contribution < 1.29 is 14.3 Å². The molecule has 0 saturated heterocycles. The SMILES string of the molecule is COc1ccc(NCc2occc2C)cc1O. The van der Waals surface area contributed by atoms with E-state index in [2.05, 4.69) is 5.32 Å². The summed E-state index contributed by atoms with van der Waals surface area (Å²) in [6.07, 6.45) is 1.66. The second-order valence-electron chi connectivity index (χ2n) is 3.77. The third-order valence-corrected chi connectivity index (χ3v) is 2.60. The van der Waals surface area contributed by atoms with Gasteiger partial charge in [0.1, 0.15) is 5.76 Å². The molecule has 2 rings (SSSR count). The second-order valence-corrected chi connectivity index (χ2v) is 3.77. The highest BCUT2D eigenvalue weighted by Crippen LogP contribution is 2.28. The van der Waals surface area contributed by atoms with Gasteiger partial charge in [0, 0.05) is 11.8 Å². The molecule has 0 saturated carbocycles. The van der Waals surface area contributed by atoms with E-state index in [-0.39, 0.29) is 5.75 Å². The Hall–Kier alpha value is -2.10. The molecule has 4 heteroatoms. The van der Waals surface area contributed by atoms with Gasteiger partial charge in [-0.05, 0) is 30.7 Å². The predicted molar refractivity (Wildman–Crippen MR) is 65.4 cm³/mol. The molecule has 0 atom stereocenters. The van der Waals surface area contributed by atoms with Crippen molar-refractivity contribution in [3.8, 4) is 11.5 Å². The summed E-state index contributed by atoms with van der Waals surface area (Å²) in [7, 11) is 1.52. The normalized spacial score (nSPS) is 10.2. The molecule has 1 heterocycles. The van der Waals surface area contributed by atoms with E-state index in [9.17, 15) is 5.11 Å². The molecule has 90 valence electrons. The van der Waals surface area contributed by atoms with E-state index in [4.69, 9.17) is 9.15 Å². The molecular weight excluding hydrogens is 218 g/mol. The summed E-state index contributed by atoms with van der Waals surface area (Å²) in [4.78, 5) is 0. The summed E-state index contributed by atoms with van der Waals surface area (Å²) < 4.78 is 10.3. The minimum Gasteiger partial charge on any atom is -0.504 e. The molecule has 2 aromatic rings. The van der Waals surface area contributed by atoms with Crippen LogP contribution in [0.5, 0.6) is 11.5 Å². The first-order chi connectivity index (χ1) is 8.20. The number of hydrogen-bond acceptors (Lipinski definition) is 4. The zero-order valence-corrected chi connectivity index (χ0v) is 9.86. The topological polar surface area (TPSA) is 54.6 Å². The van der Waals surface area contributed by atoms with Gasteiger partial charge in [-0.25, -0.2) is 0 Å². The third kappa shape index (κ3) is 2.53. The molecule has 0 fully saturated rings. The van der Waals surface area contributed by atoms with Gasteiger partial charge in [-0.15, -0.1) is 0 Å². The number of phenols is 1. The second kappa shape index (κ2) is 4.82. The van der Waals surface area contributed by atoms with E-state index in [1.54, 1.807) is 18.4 Å². The minimum absolute atomic E-state index is 0.119. The van der Waals surface area contributed by atoms with E-state index >= 15 is 0 Å². The highest BCUT2D eigenvalue weighted by Gasteiger charge is 2.04. The number of phenolic OH excluding ortho intramolecular Hbond substituents is 1. The average Bonchev–Trinajstić information content (AvgIpc) is 2.72. The summed E-state index contributed by atoms with van der Waals surface area (Å²) in [5.41, 5.74) is 1.93. The number of rotatable bonds is 4. The number of aryl methyl sites for hydroxylation is 1. The van der Waals surface area contributed by atoms with Crippen molar-refractivity contribution in [1.29, 1.82) is 0 Å². The molecule has 0 bridgehead atoms. The van der Waals surface area contributed by atoms with Crippen LogP contribution in [0.3, 0.4) is 0 Å². The van der Waals surface area contributed by atoms with Crippen molar-refractivity contribution in [2.24, 2.45) is 0 Å². The van der Waals surface area contributed by atoms with Crippen molar-refractivity contribution in [2.75, 3.05) is 12.4 Å². The Balaban J connectivity index is 2.05. The van der Waals surface area contributed by atoms with E-state index in [0.29, 0.717) is 12.3 Å². The van der Waals surface area contributed by atoms with Crippen LogP contribution >= 0.6 is 0 Å². The first-order valence-corrected chi connectivity index (χ1v) is 5.34. The fourth-order valence-corrected chi connectivity index (χ4v) is 1.57. The van der Waals surface area contributed by atoms with Crippen LogP contribution in [0.4, 0.5) is 5.69 Å². The first-order valence-electron chi connectivity index (χ1n) is 5.34. The lowest BCUT2D eigenvalue weighted by atomic mass is 10.2. The highest BCUT2D eigenvalue weighted by atomic mass is 16.5. The number of furan rings is 1. The van der Waals surface area contributed by atoms with E-state index < -0.39 is 0 Å². The highest BCUT2D eigenvalue weighted by molar-refractivity contribution is 5.54. The Morgan fingerprint density at radius 3 is 2.76 bits per heavy atom. The van der Waals surface area contributed by atoms with E-state index in [0.717, 1.165) is 17.0 Å². The standard InChI is InChI=1S/C13H15NO3/c1-9-5-6-17-13(9)8-14-10-3-4-12(16-2)11(15)7-10/h3-7,14-15H,8H2,1-2H3. The molecule has 0 amide bonds. The monoisotopic (exact) mass is 233 g/mol. The van der Waals surface area contributed by atoms with Gasteiger partial charge in [0.15, 0.2) is 11.5 Å². The van der Waals surface area contributed by atoms with Crippen LogP contribution in [-0.2, 0) is 6.54 Å². The number of methoxy groups -OCH3 is 1. The van der Waals surface area contributed by atoms with Crippen LogP contribution in [0.1, 0.15) is 11.3 Å². The maximum absolute atomic E-state index is 9.61. The van der Waals surface area contributed by atoms with Crippen LogP contribution in [0, 0.1) is 6.92 Å². The molecule has 1 aromatic carbocycles. The Morgan fingerprint density at radius 2 is 2.18 bits per heavy atom. The summed E-state index contributed by atoms with van der Waals surface area (Å²) in [6, 6.07) is 7.10. The fraction of sp³-hybridized carbons (Fsp3) is 0.231. The van der Waals surface area contributed by atoms with E-state index in [1.807, 2.05) is 19.1 Å². The van der Waals surface area contributed by atoms with Gasteiger partial charge in [-0.1, -0.05) is 0 Å². The zero-order chi connectivity index (χ0) is 12.3. The smallest absolute Gasteiger partial charge is 0.160 e. The fourth-order valence-electron chi connectivity index (χ4n) is 1.57. The quantitative estimate of drug-likeness (QED) is 0.852. The summed E-state index contributed by atoms with van der Waals surface area (Å²) in [5, 5.41) is 12.8. The molecule has 0 aliphatic rings. The molecule has 4 nitrogen and oxygen atoms in total. The molecule has 0 aliphatic carbocycles. The lowest BCUT2D eigenvalue weighted by Gasteiger charge is -2.08. The Labute approximate surface area is 99.8 Å². The largest absolute Gasteiger partial charge is 0.504 e. The molecule has 2 N–H and O–H groups in total. The maximum Gasteiger partial charge on any atom is 0.160 e. The maximum atomic E-state index is 9.61. The zero-order valence-electron chi connectivity index (χ0n) is 9.86. The number of nitrogens with one attached hydrogen (secondary N) is 1. The Bertz CT molecular complexity index is 505. The predicted octanol–water partition coefficient (Wildman–Crippen LogP) is 2.91. The van der Waals surface area contributed by atoms with Gasteiger partial charge in [0.2, 0.25) is 0 Å². The molecule has 0 radical (unpaired) electrons. The number of benzene rings is 1. The average molecular weight is 233 g/mol. The summed E-state index contributed by atoms with van der Waals surface area (Å²) in [5.74, 6) is 1.47. The van der Waals surface area contributed by atoms with Crippen LogP contribution in [0.15, 0.2) is 34.9 Å². The molecule has 0 spiro atoms. The van der Waals surface area contributed by atoms with Crippen molar-refractivity contribution in [3.63, 3.8) is 0 Å². The van der Waals surface area contributed by atoms with Crippen molar-refractivity contribution in [2.45, 2.75) is 13.5 Å². The van der Waals surface area contributed by atoms with Crippen molar-refractivity contribution >= 4 is 5.69 Å². The molecule has 0 unspecified atom stereocenters. The molecule has 0 aliphatic heterocycles. The molecular formula is C13H15NO3. The van der Waals surface area contributed by atoms with Gasteiger partial charge >= 0.3 is 0 Å².